The van der Waals surface area contributed by atoms with Crippen molar-refractivity contribution in [3.8, 4) is 0 Å². The number of nitrogens with one attached hydrogen (secondary N) is 1. The molecule has 1 aromatic carbocycles. The largest absolute Gasteiger partial charge is 0.371 e. The van der Waals surface area contributed by atoms with Gasteiger partial charge in [0.2, 0.25) is 0 Å². The van der Waals surface area contributed by atoms with Crippen LogP contribution in [0.5, 0.6) is 0 Å². The summed E-state index contributed by atoms with van der Waals surface area (Å²) in [5, 5.41) is 3.19. The number of benzene rings is 1. The highest BCUT2D eigenvalue weighted by atomic mass is 79.9. The lowest BCUT2D eigenvalue weighted by atomic mass is 10.0. The fraction of sp³-hybridized carbons (Fsp3) is 0.455. The average Bonchev–Trinajstić information content (AvgIpc) is 2.27. The van der Waals surface area contributed by atoms with Gasteiger partial charge in [-0.05, 0) is 18.6 Å². The van der Waals surface area contributed by atoms with E-state index in [4.69, 9.17) is 4.74 Å². The fourth-order valence-electron chi connectivity index (χ4n) is 1.70. The first-order chi connectivity index (χ1) is 7.20. The minimum absolute atomic E-state index is 0.162. The van der Waals surface area contributed by atoms with Gasteiger partial charge in [-0.25, -0.2) is 4.39 Å². The molecule has 2 nitrogen and oxygen atoms in total. The van der Waals surface area contributed by atoms with E-state index in [0.717, 1.165) is 11.0 Å². The van der Waals surface area contributed by atoms with Gasteiger partial charge >= 0.3 is 0 Å². The summed E-state index contributed by atoms with van der Waals surface area (Å²) >= 11 is 3.31. The van der Waals surface area contributed by atoms with Gasteiger partial charge in [0.15, 0.2) is 0 Å². The monoisotopic (exact) mass is 273 g/mol. The minimum Gasteiger partial charge on any atom is -0.371 e. The molecule has 0 saturated carbocycles. The van der Waals surface area contributed by atoms with E-state index in [1.807, 2.05) is 6.07 Å². The third-order valence-corrected chi connectivity index (χ3v) is 3.48. The molecule has 0 radical (unpaired) electrons. The van der Waals surface area contributed by atoms with Gasteiger partial charge in [-0.1, -0.05) is 22.0 Å². The van der Waals surface area contributed by atoms with Gasteiger partial charge in [0.25, 0.3) is 0 Å². The number of halogens is 2. The van der Waals surface area contributed by atoms with Crippen LogP contribution in [0.2, 0.25) is 0 Å². The van der Waals surface area contributed by atoms with E-state index < -0.39 is 0 Å². The Hall–Kier alpha value is -0.450. The fourth-order valence-corrected chi connectivity index (χ4v) is 2.00. The first kappa shape index (κ1) is 11.0. The smallest absolute Gasteiger partial charge is 0.133 e. The molecule has 4 heteroatoms. The summed E-state index contributed by atoms with van der Waals surface area (Å²) in [7, 11) is 0. The highest BCUT2D eigenvalue weighted by Crippen LogP contribution is 2.27. The van der Waals surface area contributed by atoms with Gasteiger partial charge in [0, 0.05) is 23.1 Å². The van der Waals surface area contributed by atoms with Crippen LogP contribution in [-0.4, -0.2) is 19.7 Å². The van der Waals surface area contributed by atoms with Crippen LogP contribution in [0.25, 0.3) is 0 Å². The quantitative estimate of drug-likeness (QED) is 0.849. The molecular formula is C11H13BrFNO. The molecular weight excluding hydrogens is 261 g/mol. The second kappa shape index (κ2) is 4.60. The second-order valence-electron chi connectivity index (χ2n) is 3.64. The molecule has 0 spiro atoms. The number of hydrogen-bond acceptors (Lipinski definition) is 2. The standard InChI is InChI=1S/C11H13BrFNO/c1-7-9(12)3-2-8(11(7)13)10-6-14-4-5-15-10/h2-3,10,14H,4-6H2,1H3. The number of morpholine rings is 1. The first-order valence-corrected chi connectivity index (χ1v) is 5.76. The third-order valence-electron chi connectivity index (χ3n) is 2.62. The highest BCUT2D eigenvalue weighted by molar-refractivity contribution is 9.10. The lowest BCUT2D eigenvalue weighted by Crippen LogP contribution is -2.33. The van der Waals surface area contributed by atoms with Gasteiger partial charge in [-0.3, -0.25) is 0 Å². The number of hydrogen-bond donors (Lipinski definition) is 1. The van der Waals surface area contributed by atoms with Crippen molar-refractivity contribution in [2.24, 2.45) is 0 Å². The predicted octanol–water partition coefficient (Wildman–Crippen LogP) is 2.56. The van der Waals surface area contributed by atoms with Crippen LogP contribution < -0.4 is 5.32 Å². The summed E-state index contributed by atoms with van der Waals surface area (Å²) in [4.78, 5) is 0. The van der Waals surface area contributed by atoms with Crippen LogP contribution >= 0.6 is 15.9 Å². The Bertz CT molecular complexity index is 364. The second-order valence-corrected chi connectivity index (χ2v) is 4.49. The van der Waals surface area contributed by atoms with E-state index in [0.29, 0.717) is 24.3 Å². The third kappa shape index (κ3) is 2.22. The van der Waals surface area contributed by atoms with Crippen molar-refractivity contribution in [2.75, 3.05) is 19.7 Å². The lowest BCUT2D eigenvalue weighted by molar-refractivity contribution is 0.0254. The zero-order chi connectivity index (χ0) is 10.8. The molecule has 0 amide bonds. The molecule has 0 aliphatic carbocycles. The SMILES string of the molecule is Cc1c(Br)ccc(C2CNCCO2)c1F. The van der Waals surface area contributed by atoms with Crippen LogP contribution in [-0.2, 0) is 4.74 Å². The Morgan fingerprint density at radius 1 is 1.53 bits per heavy atom. The summed E-state index contributed by atoms with van der Waals surface area (Å²) in [5.74, 6) is -0.168. The average molecular weight is 274 g/mol. The maximum absolute atomic E-state index is 13.9. The lowest BCUT2D eigenvalue weighted by Gasteiger charge is -2.24. The molecule has 1 saturated heterocycles. The molecule has 82 valence electrons. The highest BCUT2D eigenvalue weighted by Gasteiger charge is 2.20. The Labute approximate surface area is 96.9 Å². The molecule has 1 aliphatic heterocycles. The van der Waals surface area contributed by atoms with E-state index in [1.54, 1.807) is 13.0 Å². The zero-order valence-electron chi connectivity index (χ0n) is 8.52. The topological polar surface area (TPSA) is 21.3 Å². The van der Waals surface area contributed by atoms with Crippen LogP contribution in [0.3, 0.4) is 0 Å². The van der Waals surface area contributed by atoms with Crippen LogP contribution in [0, 0.1) is 12.7 Å². The zero-order valence-corrected chi connectivity index (χ0v) is 10.1. The Morgan fingerprint density at radius 2 is 2.33 bits per heavy atom. The Balaban J connectivity index is 2.31. The van der Waals surface area contributed by atoms with Crippen molar-refractivity contribution < 1.29 is 9.13 Å². The molecule has 15 heavy (non-hydrogen) atoms. The summed E-state index contributed by atoms with van der Waals surface area (Å²) in [6.07, 6.45) is -0.162. The van der Waals surface area contributed by atoms with Crippen molar-refractivity contribution >= 4 is 15.9 Å². The molecule has 1 aromatic rings. The summed E-state index contributed by atoms with van der Waals surface area (Å²) in [5.41, 5.74) is 1.28. The van der Waals surface area contributed by atoms with Crippen molar-refractivity contribution in [1.29, 1.82) is 0 Å². The molecule has 0 bridgehead atoms. The van der Waals surface area contributed by atoms with Crippen LogP contribution in [0.1, 0.15) is 17.2 Å². The van der Waals surface area contributed by atoms with E-state index in [-0.39, 0.29) is 11.9 Å². The summed E-state index contributed by atoms with van der Waals surface area (Å²) in [6, 6.07) is 3.65. The van der Waals surface area contributed by atoms with E-state index in [9.17, 15) is 4.39 Å². The molecule has 1 heterocycles. The van der Waals surface area contributed by atoms with Crippen molar-refractivity contribution in [2.45, 2.75) is 13.0 Å². The van der Waals surface area contributed by atoms with Gasteiger partial charge in [-0.15, -0.1) is 0 Å². The normalized spacial score (nSPS) is 21.7. The minimum atomic E-state index is -0.168. The van der Waals surface area contributed by atoms with E-state index in [1.165, 1.54) is 0 Å². The number of rotatable bonds is 1. The molecule has 1 N–H and O–H groups in total. The summed E-state index contributed by atoms with van der Waals surface area (Å²) < 4.78 is 20.2. The summed E-state index contributed by atoms with van der Waals surface area (Å²) in [6.45, 7) is 3.92. The molecule has 1 fully saturated rings. The molecule has 1 aliphatic rings. The Kier molecular flexibility index (Phi) is 3.38. The van der Waals surface area contributed by atoms with E-state index >= 15 is 0 Å². The molecule has 0 aromatic heterocycles. The predicted molar refractivity (Wildman–Crippen MR) is 60.4 cm³/mol. The molecule has 1 unspecified atom stereocenters. The molecule has 2 rings (SSSR count). The maximum Gasteiger partial charge on any atom is 0.133 e. The van der Waals surface area contributed by atoms with E-state index in [2.05, 4.69) is 21.2 Å². The Morgan fingerprint density at radius 3 is 3.00 bits per heavy atom. The van der Waals surface area contributed by atoms with Gasteiger partial charge in [-0.2, -0.15) is 0 Å². The number of ether oxygens (including phenoxy) is 1. The molecule has 1 atom stereocenters. The first-order valence-electron chi connectivity index (χ1n) is 4.97. The van der Waals surface area contributed by atoms with Gasteiger partial charge in [0.05, 0.1) is 12.7 Å². The van der Waals surface area contributed by atoms with Gasteiger partial charge in [0.1, 0.15) is 5.82 Å². The van der Waals surface area contributed by atoms with Crippen molar-refractivity contribution in [3.63, 3.8) is 0 Å². The maximum atomic E-state index is 13.9. The van der Waals surface area contributed by atoms with Crippen LogP contribution in [0.4, 0.5) is 4.39 Å². The van der Waals surface area contributed by atoms with Crippen LogP contribution in [0.15, 0.2) is 16.6 Å². The van der Waals surface area contributed by atoms with Gasteiger partial charge < -0.3 is 10.1 Å². The van der Waals surface area contributed by atoms with Crippen molar-refractivity contribution in [3.05, 3.63) is 33.5 Å². The van der Waals surface area contributed by atoms with Crippen molar-refractivity contribution in [1.82, 2.24) is 5.32 Å².